The summed E-state index contributed by atoms with van der Waals surface area (Å²) in [4.78, 5) is 19.3. The Bertz CT molecular complexity index is 846. The van der Waals surface area contributed by atoms with Gasteiger partial charge in [-0.1, -0.05) is 42.5 Å². The van der Waals surface area contributed by atoms with Gasteiger partial charge in [-0.3, -0.25) is 4.79 Å². The number of ether oxygens (including phenoxy) is 2. The number of carbonyl (C=O) groups is 2. The van der Waals surface area contributed by atoms with Crippen molar-refractivity contribution in [3.63, 3.8) is 0 Å². The highest BCUT2D eigenvalue weighted by atomic mass is 19.4. The van der Waals surface area contributed by atoms with Gasteiger partial charge in [0.2, 0.25) is 0 Å². The van der Waals surface area contributed by atoms with Crippen molar-refractivity contribution in [1.29, 1.82) is 0 Å². The van der Waals surface area contributed by atoms with Crippen molar-refractivity contribution < 1.29 is 42.4 Å². The molecule has 0 radical (unpaired) electrons. The monoisotopic (exact) mass is 485 g/mol. The lowest BCUT2D eigenvalue weighted by Crippen LogP contribution is -2.21. The minimum Gasteiger partial charge on any atom is -0.493 e. The Labute approximate surface area is 196 Å². The van der Waals surface area contributed by atoms with Gasteiger partial charge in [-0.2, -0.15) is 13.2 Å². The van der Waals surface area contributed by atoms with Crippen LogP contribution in [0.25, 0.3) is 0 Å². The van der Waals surface area contributed by atoms with Gasteiger partial charge in [-0.05, 0) is 42.6 Å². The fourth-order valence-corrected chi connectivity index (χ4v) is 2.64. The lowest BCUT2D eigenvalue weighted by atomic mass is 10.1. The number of nitrogens with one attached hydrogen (secondary N) is 1. The molecule has 0 saturated heterocycles. The van der Waals surface area contributed by atoms with E-state index in [0.29, 0.717) is 26.4 Å². The molecular formula is C24H30F3NO6. The van der Waals surface area contributed by atoms with Crippen LogP contribution >= 0.6 is 0 Å². The number of hydrogen-bond donors (Lipinski definition) is 3. The van der Waals surface area contributed by atoms with Gasteiger partial charge in [0, 0.05) is 13.0 Å². The van der Waals surface area contributed by atoms with E-state index in [1.165, 1.54) is 11.1 Å². The standard InChI is InChI=1S/C22H29NO4.C2HF3O2/c24-22(25)12-14-23-13-5-10-19-9-4-11-21(17-19)27-16-6-15-26-18-20-7-2-1-3-8-20;3-2(4,5)1(6)7/h1-4,7-9,11,17,23H,5-6,10,12-16,18H2,(H,24,25);(H,6,7). The molecule has 3 N–H and O–H groups in total. The molecular weight excluding hydrogens is 455 g/mol. The minimum absolute atomic E-state index is 0.165. The van der Waals surface area contributed by atoms with E-state index in [0.717, 1.165) is 31.6 Å². The maximum atomic E-state index is 10.6. The molecule has 10 heteroatoms. The molecule has 0 heterocycles. The van der Waals surface area contributed by atoms with Gasteiger partial charge >= 0.3 is 18.1 Å². The molecule has 7 nitrogen and oxygen atoms in total. The van der Waals surface area contributed by atoms with Gasteiger partial charge in [0.15, 0.2) is 0 Å². The number of aliphatic carboxylic acids is 2. The molecule has 34 heavy (non-hydrogen) atoms. The number of aryl methyl sites for hydroxylation is 1. The van der Waals surface area contributed by atoms with E-state index >= 15 is 0 Å². The predicted molar refractivity (Wildman–Crippen MR) is 120 cm³/mol. The van der Waals surface area contributed by atoms with E-state index in [4.69, 9.17) is 24.5 Å². The molecule has 2 aromatic rings. The van der Waals surface area contributed by atoms with Crippen molar-refractivity contribution in [3.05, 3.63) is 65.7 Å². The number of rotatable bonds is 14. The SMILES string of the molecule is O=C(O)C(F)(F)F.O=C(O)CCNCCCc1cccc(OCCCOCc2ccccc2)c1. The zero-order valence-corrected chi connectivity index (χ0v) is 18.7. The summed E-state index contributed by atoms with van der Waals surface area (Å²) in [7, 11) is 0. The van der Waals surface area contributed by atoms with Crippen LogP contribution < -0.4 is 10.1 Å². The molecule has 0 aliphatic heterocycles. The van der Waals surface area contributed by atoms with Gasteiger partial charge in [-0.15, -0.1) is 0 Å². The number of benzene rings is 2. The molecule has 0 atom stereocenters. The van der Waals surface area contributed by atoms with E-state index in [9.17, 15) is 18.0 Å². The largest absolute Gasteiger partial charge is 0.493 e. The van der Waals surface area contributed by atoms with Gasteiger partial charge in [0.25, 0.3) is 0 Å². The predicted octanol–water partition coefficient (Wildman–Crippen LogP) is 4.30. The molecule has 0 unspecified atom stereocenters. The van der Waals surface area contributed by atoms with Crippen molar-refractivity contribution >= 4 is 11.9 Å². The molecule has 0 aromatic heterocycles. The van der Waals surface area contributed by atoms with Crippen LogP contribution in [0.5, 0.6) is 5.75 Å². The molecule has 2 aromatic carbocycles. The number of halogens is 3. The summed E-state index contributed by atoms with van der Waals surface area (Å²) in [6, 6.07) is 18.3. The number of carboxylic acids is 2. The molecule has 188 valence electrons. The molecule has 0 saturated carbocycles. The van der Waals surface area contributed by atoms with E-state index in [-0.39, 0.29) is 6.42 Å². The first-order chi connectivity index (χ1) is 16.2. The van der Waals surface area contributed by atoms with E-state index < -0.39 is 18.1 Å². The van der Waals surface area contributed by atoms with E-state index in [1.807, 2.05) is 30.3 Å². The first kappa shape index (κ1) is 28.9. The van der Waals surface area contributed by atoms with Crippen molar-refractivity contribution in [1.82, 2.24) is 5.32 Å². The van der Waals surface area contributed by atoms with Gasteiger partial charge in [0.1, 0.15) is 5.75 Å². The van der Waals surface area contributed by atoms with E-state index in [1.54, 1.807) is 0 Å². The van der Waals surface area contributed by atoms with Crippen LogP contribution in [-0.2, 0) is 27.4 Å². The molecule has 0 fully saturated rings. The zero-order valence-electron chi connectivity index (χ0n) is 18.7. The topological polar surface area (TPSA) is 105 Å². The van der Waals surface area contributed by atoms with Crippen molar-refractivity contribution in [3.8, 4) is 5.75 Å². The third kappa shape index (κ3) is 14.9. The Hall–Kier alpha value is -3.11. The summed E-state index contributed by atoms with van der Waals surface area (Å²) >= 11 is 0. The highest BCUT2D eigenvalue weighted by Gasteiger charge is 2.38. The van der Waals surface area contributed by atoms with Crippen LogP contribution in [0.4, 0.5) is 13.2 Å². The Morgan fingerprint density at radius 2 is 1.56 bits per heavy atom. The Kier molecular flexibility index (Phi) is 14.0. The molecule has 0 spiro atoms. The van der Waals surface area contributed by atoms with Gasteiger partial charge < -0.3 is 25.0 Å². The fourth-order valence-electron chi connectivity index (χ4n) is 2.64. The van der Waals surface area contributed by atoms with Crippen molar-refractivity contribution in [2.75, 3.05) is 26.3 Å². The molecule has 0 aliphatic rings. The molecule has 2 rings (SSSR count). The van der Waals surface area contributed by atoms with Crippen LogP contribution in [0.15, 0.2) is 54.6 Å². The molecule has 0 bridgehead atoms. The summed E-state index contributed by atoms with van der Waals surface area (Å²) in [5.74, 6) is -2.64. The summed E-state index contributed by atoms with van der Waals surface area (Å²) in [6.07, 6.45) is -2.16. The first-order valence-corrected chi connectivity index (χ1v) is 10.7. The smallest absolute Gasteiger partial charge is 0.490 e. The third-order valence-corrected chi connectivity index (χ3v) is 4.29. The highest BCUT2D eigenvalue weighted by Crippen LogP contribution is 2.15. The lowest BCUT2D eigenvalue weighted by molar-refractivity contribution is -0.192. The summed E-state index contributed by atoms with van der Waals surface area (Å²) < 4.78 is 43.2. The Balaban J connectivity index is 0.000000718. The van der Waals surface area contributed by atoms with Gasteiger partial charge in [-0.25, -0.2) is 4.79 Å². The second-order valence-electron chi connectivity index (χ2n) is 7.19. The minimum atomic E-state index is -5.08. The quantitative estimate of drug-likeness (QED) is 0.343. The average Bonchev–Trinajstić information content (AvgIpc) is 2.79. The highest BCUT2D eigenvalue weighted by molar-refractivity contribution is 5.73. The second-order valence-corrected chi connectivity index (χ2v) is 7.19. The Morgan fingerprint density at radius 3 is 2.21 bits per heavy atom. The summed E-state index contributed by atoms with van der Waals surface area (Å²) in [5.41, 5.74) is 2.41. The van der Waals surface area contributed by atoms with Crippen LogP contribution in [0.2, 0.25) is 0 Å². The van der Waals surface area contributed by atoms with Crippen molar-refractivity contribution in [2.45, 2.75) is 38.5 Å². The van der Waals surface area contributed by atoms with Crippen LogP contribution in [0.3, 0.4) is 0 Å². The normalized spacial score (nSPS) is 10.8. The van der Waals surface area contributed by atoms with Crippen LogP contribution in [0.1, 0.15) is 30.4 Å². The second kappa shape index (κ2) is 16.5. The van der Waals surface area contributed by atoms with E-state index in [2.05, 4.69) is 29.6 Å². The number of hydrogen-bond acceptors (Lipinski definition) is 5. The maximum absolute atomic E-state index is 10.6. The maximum Gasteiger partial charge on any atom is 0.490 e. The van der Waals surface area contributed by atoms with Crippen molar-refractivity contribution in [2.24, 2.45) is 0 Å². The average molecular weight is 485 g/mol. The number of carboxylic acid groups (broad SMARTS) is 2. The summed E-state index contributed by atoms with van der Waals surface area (Å²) in [6.45, 7) is 3.28. The number of alkyl halides is 3. The fraction of sp³-hybridized carbons (Fsp3) is 0.417. The summed E-state index contributed by atoms with van der Waals surface area (Å²) in [5, 5.41) is 18.9. The lowest BCUT2D eigenvalue weighted by Gasteiger charge is -2.09. The Morgan fingerprint density at radius 1 is 0.882 bits per heavy atom. The van der Waals surface area contributed by atoms with Gasteiger partial charge in [0.05, 0.1) is 26.2 Å². The third-order valence-electron chi connectivity index (χ3n) is 4.29. The zero-order chi connectivity index (χ0) is 25.2. The molecule has 0 amide bonds. The molecule has 0 aliphatic carbocycles. The van der Waals surface area contributed by atoms with Crippen LogP contribution in [0, 0.1) is 0 Å². The first-order valence-electron chi connectivity index (χ1n) is 10.7. The van der Waals surface area contributed by atoms with Crippen LogP contribution in [-0.4, -0.2) is 54.6 Å².